The van der Waals surface area contributed by atoms with Crippen molar-refractivity contribution in [2.45, 2.75) is 25.7 Å². The van der Waals surface area contributed by atoms with E-state index in [0.717, 1.165) is 28.9 Å². The summed E-state index contributed by atoms with van der Waals surface area (Å²) in [7, 11) is 0. The number of fused-ring (bicyclic) bond motifs is 1. The summed E-state index contributed by atoms with van der Waals surface area (Å²) in [6.07, 6.45) is 2.67. The van der Waals surface area contributed by atoms with Crippen molar-refractivity contribution in [1.29, 1.82) is 0 Å². The molecule has 3 amide bonds. The first-order valence-corrected chi connectivity index (χ1v) is 10.4. The van der Waals surface area contributed by atoms with E-state index < -0.39 is 52.5 Å². The Morgan fingerprint density at radius 2 is 1.50 bits per heavy atom. The van der Waals surface area contributed by atoms with Crippen LogP contribution in [0.5, 0.6) is 0 Å². The van der Waals surface area contributed by atoms with Gasteiger partial charge in [0.15, 0.2) is 5.78 Å². The fourth-order valence-electron chi connectivity index (χ4n) is 4.42. The topological polar surface area (TPSA) is 118 Å². The number of nitro groups is 1. The number of Topliss-reactive ketones (excluding diaryl/α,β-unsaturated/α-hetero) is 1. The number of benzene rings is 2. The molecule has 2 aromatic carbocycles. The third kappa shape index (κ3) is 3.77. The minimum Gasteiger partial charge on any atom is -0.292 e. The number of carbonyl (C=O) groups excluding carboxylic acids is 4. The van der Waals surface area contributed by atoms with E-state index in [2.05, 4.69) is 0 Å². The van der Waals surface area contributed by atoms with Crippen LogP contribution in [0, 0.1) is 22.0 Å². The van der Waals surface area contributed by atoms with Crippen molar-refractivity contribution in [3.8, 4) is 0 Å². The van der Waals surface area contributed by atoms with Crippen molar-refractivity contribution in [2.75, 3.05) is 6.54 Å². The van der Waals surface area contributed by atoms with Crippen LogP contribution in [-0.2, 0) is 9.59 Å². The lowest BCUT2D eigenvalue weighted by Gasteiger charge is -2.30. The summed E-state index contributed by atoms with van der Waals surface area (Å²) in [6, 6.07) is 13.4. The second-order valence-electron chi connectivity index (χ2n) is 7.91. The van der Waals surface area contributed by atoms with E-state index in [4.69, 9.17) is 0 Å². The Balaban J connectivity index is 1.74. The normalized spacial score (nSPS) is 20.1. The third-order valence-corrected chi connectivity index (χ3v) is 6.01. The number of nitro benzene ring substituents is 1. The number of hydrogen-bond donors (Lipinski definition) is 0. The first kappa shape index (κ1) is 21.4. The van der Waals surface area contributed by atoms with E-state index in [0.29, 0.717) is 18.4 Å². The van der Waals surface area contributed by atoms with Crippen LogP contribution in [0.1, 0.15) is 46.4 Å². The molecule has 1 saturated carbocycles. The quantitative estimate of drug-likeness (QED) is 0.298. The molecule has 2 atom stereocenters. The number of hydrazine groups is 1. The zero-order chi connectivity index (χ0) is 22.8. The van der Waals surface area contributed by atoms with Crippen molar-refractivity contribution < 1.29 is 24.1 Å². The van der Waals surface area contributed by atoms with Crippen molar-refractivity contribution in [1.82, 2.24) is 10.0 Å². The number of imide groups is 1. The molecule has 0 spiro atoms. The summed E-state index contributed by atoms with van der Waals surface area (Å²) in [5, 5.41) is 13.0. The van der Waals surface area contributed by atoms with Gasteiger partial charge in [0.2, 0.25) is 0 Å². The van der Waals surface area contributed by atoms with Gasteiger partial charge in [-0.05, 0) is 18.9 Å². The molecule has 2 aromatic rings. The summed E-state index contributed by atoms with van der Waals surface area (Å²) in [4.78, 5) is 63.4. The minimum atomic E-state index is -0.943. The lowest BCUT2D eigenvalue weighted by atomic mass is 9.81. The maximum absolute atomic E-state index is 13.4. The molecule has 1 aliphatic carbocycles. The fourth-order valence-corrected chi connectivity index (χ4v) is 4.42. The number of para-hydroxylation sites is 1. The highest BCUT2D eigenvalue weighted by Gasteiger charge is 2.52. The predicted molar refractivity (Wildman–Crippen MR) is 112 cm³/mol. The van der Waals surface area contributed by atoms with E-state index in [1.807, 2.05) is 0 Å². The average Bonchev–Trinajstić information content (AvgIpc) is 3.07. The first-order valence-electron chi connectivity index (χ1n) is 10.4. The van der Waals surface area contributed by atoms with Gasteiger partial charge in [-0.1, -0.05) is 55.3 Å². The summed E-state index contributed by atoms with van der Waals surface area (Å²) in [6.45, 7) is -0.591. The molecule has 32 heavy (non-hydrogen) atoms. The molecule has 0 aromatic heterocycles. The molecule has 0 N–H and O–H groups in total. The van der Waals surface area contributed by atoms with Gasteiger partial charge in [0.05, 0.1) is 16.8 Å². The second kappa shape index (κ2) is 8.70. The summed E-state index contributed by atoms with van der Waals surface area (Å²) in [5.74, 6) is -3.58. The van der Waals surface area contributed by atoms with Crippen molar-refractivity contribution in [3.05, 3.63) is 75.8 Å². The van der Waals surface area contributed by atoms with Crippen molar-refractivity contribution in [3.63, 3.8) is 0 Å². The smallest absolute Gasteiger partial charge is 0.282 e. The molecule has 9 nitrogen and oxygen atoms in total. The average molecular weight is 435 g/mol. The van der Waals surface area contributed by atoms with Gasteiger partial charge in [-0.25, -0.2) is 5.01 Å². The van der Waals surface area contributed by atoms with Gasteiger partial charge in [-0.15, -0.1) is 0 Å². The molecule has 2 aliphatic rings. The molecule has 9 heteroatoms. The maximum atomic E-state index is 13.4. The summed E-state index contributed by atoms with van der Waals surface area (Å²) >= 11 is 0. The van der Waals surface area contributed by atoms with Crippen molar-refractivity contribution in [2.24, 2.45) is 11.8 Å². The van der Waals surface area contributed by atoms with Crippen LogP contribution in [0.3, 0.4) is 0 Å². The van der Waals surface area contributed by atoms with Crippen LogP contribution >= 0.6 is 0 Å². The molecule has 4 rings (SSSR count). The van der Waals surface area contributed by atoms with Crippen LogP contribution in [0.2, 0.25) is 0 Å². The lowest BCUT2D eigenvalue weighted by Crippen LogP contribution is -2.52. The Kier molecular flexibility index (Phi) is 5.81. The molecular formula is C23H21N3O6. The van der Waals surface area contributed by atoms with E-state index >= 15 is 0 Å². The van der Waals surface area contributed by atoms with Gasteiger partial charge in [-0.3, -0.25) is 29.3 Å². The Morgan fingerprint density at radius 1 is 0.938 bits per heavy atom. The SMILES string of the molecule is O=C(CN(C(=O)c1ccccc1[N+](=O)[O-])N1C(=O)[C@H]2CCCC[C@@H]2C1=O)c1ccccc1. The Labute approximate surface area is 183 Å². The van der Waals surface area contributed by atoms with Crippen LogP contribution in [0.25, 0.3) is 0 Å². The number of rotatable bonds is 6. The summed E-state index contributed by atoms with van der Waals surface area (Å²) in [5.41, 5.74) is -0.468. The number of amides is 3. The maximum Gasteiger partial charge on any atom is 0.282 e. The lowest BCUT2D eigenvalue weighted by molar-refractivity contribution is -0.385. The van der Waals surface area contributed by atoms with Crippen LogP contribution in [0.15, 0.2) is 54.6 Å². The Hall–Kier alpha value is -3.88. The Morgan fingerprint density at radius 3 is 2.09 bits per heavy atom. The monoisotopic (exact) mass is 435 g/mol. The molecule has 2 fully saturated rings. The standard InChI is InChI=1S/C23H21N3O6/c27-20(15-8-2-1-3-9-15)14-24(21(28)18-12-6-7-13-19(18)26(31)32)25-22(29)16-10-4-5-11-17(16)23(25)30/h1-3,6-9,12-13,16-17H,4-5,10-11,14H2/t16-,17-/m0/s1. The molecule has 0 bridgehead atoms. The highest BCUT2D eigenvalue weighted by Crippen LogP contribution is 2.39. The third-order valence-electron chi connectivity index (χ3n) is 6.01. The van der Waals surface area contributed by atoms with Crippen LogP contribution in [-0.4, -0.2) is 45.0 Å². The van der Waals surface area contributed by atoms with Crippen molar-refractivity contribution >= 4 is 29.2 Å². The fraction of sp³-hybridized carbons (Fsp3) is 0.304. The van der Waals surface area contributed by atoms with Gasteiger partial charge < -0.3 is 0 Å². The zero-order valence-corrected chi connectivity index (χ0v) is 17.2. The molecule has 1 aliphatic heterocycles. The Bertz CT molecular complexity index is 1080. The summed E-state index contributed by atoms with van der Waals surface area (Å²) < 4.78 is 0. The van der Waals surface area contributed by atoms with E-state index in [9.17, 15) is 29.3 Å². The van der Waals surface area contributed by atoms with Gasteiger partial charge >= 0.3 is 0 Å². The van der Waals surface area contributed by atoms with E-state index in [1.54, 1.807) is 30.3 Å². The minimum absolute atomic E-state index is 0.296. The highest BCUT2D eigenvalue weighted by molar-refractivity contribution is 6.10. The molecule has 1 saturated heterocycles. The van der Waals surface area contributed by atoms with E-state index in [1.165, 1.54) is 18.2 Å². The van der Waals surface area contributed by atoms with E-state index in [-0.39, 0.29) is 5.56 Å². The molecule has 0 radical (unpaired) electrons. The molecule has 1 heterocycles. The number of ketones is 1. The van der Waals surface area contributed by atoms with Gasteiger partial charge in [-0.2, -0.15) is 5.01 Å². The predicted octanol–water partition coefficient (Wildman–Crippen LogP) is 3.01. The zero-order valence-electron chi connectivity index (χ0n) is 17.2. The first-order chi connectivity index (χ1) is 15.4. The van der Waals surface area contributed by atoms with Gasteiger partial charge in [0.1, 0.15) is 12.1 Å². The second-order valence-corrected chi connectivity index (χ2v) is 7.91. The van der Waals surface area contributed by atoms with Gasteiger partial charge in [0, 0.05) is 11.6 Å². The largest absolute Gasteiger partial charge is 0.292 e. The van der Waals surface area contributed by atoms with Gasteiger partial charge in [0.25, 0.3) is 23.4 Å². The highest BCUT2D eigenvalue weighted by atomic mass is 16.6. The molecular weight excluding hydrogens is 414 g/mol. The number of hydrogen-bond acceptors (Lipinski definition) is 6. The number of nitrogens with zero attached hydrogens (tertiary/aromatic N) is 3. The van der Waals surface area contributed by atoms with Crippen LogP contribution in [0.4, 0.5) is 5.69 Å². The van der Waals surface area contributed by atoms with Crippen LogP contribution < -0.4 is 0 Å². The molecule has 164 valence electrons. The number of carbonyl (C=O) groups is 4. The molecule has 0 unspecified atom stereocenters.